The maximum atomic E-state index is 13.3. The van der Waals surface area contributed by atoms with Crippen molar-refractivity contribution < 1.29 is 23.1 Å². The van der Waals surface area contributed by atoms with Crippen molar-refractivity contribution in [2.45, 2.75) is 31.1 Å². The van der Waals surface area contributed by atoms with Gasteiger partial charge in [0.25, 0.3) is 0 Å². The van der Waals surface area contributed by atoms with Gasteiger partial charge in [-0.15, -0.1) is 0 Å². The molecule has 1 amide bonds. The second-order valence-corrected chi connectivity index (χ2v) is 10.1. The smallest absolute Gasteiger partial charge is 0.303 e. The van der Waals surface area contributed by atoms with Gasteiger partial charge in [0.05, 0.1) is 11.3 Å². The van der Waals surface area contributed by atoms with Crippen molar-refractivity contribution in [3.05, 3.63) is 53.6 Å². The van der Waals surface area contributed by atoms with E-state index in [1.54, 1.807) is 23.1 Å². The number of anilines is 2. The number of amides is 1. The van der Waals surface area contributed by atoms with E-state index >= 15 is 0 Å². The van der Waals surface area contributed by atoms with Crippen LogP contribution in [0.15, 0.2) is 47.4 Å². The fraction of sp³-hybridized carbons (Fsp3) is 0.391. The number of hydrogen-bond acceptors (Lipinski definition) is 5. The van der Waals surface area contributed by atoms with Crippen LogP contribution in [-0.2, 0) is 26.0 Å². The fourth-order valence-corrected chi connectivity index (χ4v) is 5.86. The SMILES string of the molecule is Cc1ccccc1N1CCN(S(=O)(=O)c2ccc3c(c2)CCN3C(=O)CCC(=O)O)CC1. The Kier molecular flexibility index (Phi) is 6.21. The van der Waals surface area contributed by atoms with Gasteiger partial charge in [-0.1, -0.05) is 18.2 Å². The quantitative estimate of drug-likeness (QED) is 0.715. The molecule has 1 fully saturated rings. The number of rotatable bonds is 6. The van der Waals surface area contributed by atoms with Gasteiger partial charge in [-0.25, -0.2) is 8.42 Å². The number of benzene rings is 2. The largest absolute Gasteiger partial charge is 0.481 e. The van der Waals surface area contributed by atoms with Crippen LogP contribution in [-0.4, -0.2) is 62.4 Å². The van der Waals surface area contributed by atoms with Crippen molar-refractivity contribution in [3.8, 4) is 0 Å². The number of carboxylic acid groups (broad SMARTS) is 1. The number of sulfonamides is 1. The van der Waals surface area contributed by atoms with E-state index in [1.807, 2.05) is 12.1 Å². The number of carbonyl (C=O) groups excluding carboxylic acids is 1. The average molecular weight is 458 g/mol. The van der Waals surface area contributed by atoms with Gasteiger partial charge in [0.15, 0.2) is 0 Å². The number of piperazine rings is 1. The van der Waals surface area contributed by atoms with E-state index in [0.29, 0.717) is 44.8 Å². The van der Waals surface area contributed by atoms with Crippen molar-refractivity contribution in [1.82, 2.24) is 4.31 Å². The van der Waals surface area contributed by atoms with Crippen LogP contribution in [0.4, 0.5) is 11.4 Å². The number of nitrogens with zero attached hydrogens (tertiary/aromatic N) is 3. The summed E-state index contributed by atoms with van der Waals surface area (Å²) >= 11 is 0. The maximum absolute atomic E-state index is 13.3. The summed E-state index contributed by atoms with van der Waals surface area (Å²) in [5, 5.41) is 8.80. The van der Waals surface area contributed by atoms with Crippen LogP contribution in [0.2, 0.25) is 0 Å². The lowest BCUT2D eigenvalue weighted by Crippen LogP contribution is -2.48. The Bertz CT molecular complexity index is 1140. The summed E-state index contributed by atoms with van der Waals surface area (Å²) in [6, 6.07) is 13.0. The molecule has 0 spiro atoms. The van der Waals surface area contributed by atoms with Crippen LogP contribution in [0, 0.1) is 6.92 Å². The van der Waals surface area contributed by atoms with Crippen molar-refractivity contribution in [2.24, 2.45) is 0 Å². The van der Waals surface area contributed by atoms with Gasteiger partial charge in [0.2, 0.25) is 15.9 Å². The summed E-state index contributed by atoms with van der Waals surface area (Å²) in [4.78, 5) is 27.1. The molecule has 0 saturated carbocycles. The third-order valence-electron chi connectivity index (χ3n) is 6.13. The van der Waals surface area contributed by atoms with E-state index in [-0.39, 0.29) is 23.6 Å². The highest BCUT2D eigenvalue weighted by Gasteiger charge is 2.31. The molecule has 0 unspecified atom stereocenters. The molecule has 32 heavy (non-hydrogen) atoms. The Labute approximate surface area is 188 Å². The van der Waals surface area contributed by atoms with Crippen molar-refractivity contribution in [1.29, 1.82) is 0 Å². The molecule has 9 heteroatoms. The van der Waals surface area contributed by atoms with Gasteiger partial charge in [0, 0.05) is 50.5 Å². The van der Waals surface area contributed by atoms with Crippen molar-refractivity contribution in [3.63, 3.8) is 0 Å². The van der Waals surface area contributed by atoms with E-state index in [1.165, 1.54) is 9.87 Å². The summed E-state index contributed by atoms with van der Waals surface area (Å²) in [7, 11) is -3.63. The van der Waals surface area contributed by atoms with Crippen LogP contribution in [0.3, 0.4) is 0 Å². The summed E-state index contributed by atoms with van der Waals surface area (Å²) in [6.07, 6.45) is 0.268. The third kappa shape index (κ3) is 4.35. The number of aliphatic carboxylic acids is 1. The van der Waals surface area contributed by atoms with E-state index in [9.17, 15) is 18.0 Å². The third-order valence-corrected chi connectivity index (χ3v) is 8.03. The summed E-state index contributed by atoms with van der Waals surface area (Å²) in [6.45, 7) is 4.56. The first kappa shape index (κ1) is 22.3. The molecule has 1 saturated heterocycles. The molecule has 2 heterocycles. The zero-order chi connectivity index (χ0) is 22.9. The Morgan fingerprint density at radius 3 is 2.34 bits per heavy atom. The van der Waals surface area contributed by atoms with E-state index < -0.39 is 16.0 Å². The van der Waals surface area contributed by atoms with Crippen LogP contribution >= 0.6 is 0 Å². The Balaban J connectivity index is 1.46. The minimum Gasteiger partial charge on any atom is -0.481 e. The number of carboxylic acids is 1. The van der Waals surface area contributed by atoms with Gasteiger partial charge in [0.1, 0.15) is 0 Å². The second-order valence-electron chi connectivity index (χ2n) is 8.16. The molecule has 2 aliphatic heterocycles. The highest BCUT2D eigenvalue weighted by molar-refractivity contribution is 7.89. The maximum Gasteiger partial charge on any atom is 0.303 e. The first-order chi connectivity index (χ1) is 15.3. The predicted octanol–water partition coefficient (Wildman–Crippen LogP) is 2.26. The van der Waals surface area contributed by atoms with Gasteiger partial charge in [-0.3, -0.25) is 9.59 Å². The molecule has 2 aromatic rings. The van der Waals surface area contributed by atoms with E-state index in [4.69, 9.17) is 5.11 Å². The molecule has 8 nitrogen and oxygen atoms in total. The first-order valence-corrected chi connectivity index (χ1v) is 12.2. The lowest BCUT2D eigenvalue weighted by molar-refractivity contribution is -0.138. The first-order valence-electron chi connectivity index (χ1n) is 10.7. The highest BCUT2D eigenvalue weighted by Crippen LogP contribution is 2.32. The summed E-state index contributed by atoms with van der Waals surface area (Å²) < 4.78 is 28.0. The van der Waals surface area contributed by atoms with Crippen LogP contribution in [0.1, 0.15) is 24.0 Å². The number of carbonyl (C=O) groups is 2. The lowest BCUT2D eigenvalue weighted by Gasteiger charge is -2.36. The molecule has 2 aliphatic rings. The van der Waals surface area contributed by atoms with E-state index in [2.05, 4.69) is 24.0 Å². The zero-order valence-corrected chi connectivity index (χ0v) is 18.8. The van der Waals surface area contributed by atoms with Crippen LogP contribution in [0.5, 0.6) is 0 Å². The van der Waals surface area contributed by atoms with Crippen LogP contribution in [0.25, 0.3) is 0 Å². The number of hydrogen-bond donors (Lipinski definition) is 1. The predicted molar refractivity (Wildman–Crippen MR) is 122 cm³/mol. The molecule has 4 rings (SSSR count). The minimum atomic E-state index is -3.63. The fourth-order valence-electron chi connectivity index (χ4n) is 4.38. The number of fused-ring (bicyclic) bond motifs is 1. The minimum absolute atomic E-state index is 0.0695. The Hall–Kier alpha value is -2.91. The number of para-hydroxylation sites is 1. The molecular formula is C23H27N3O5S. The second kappa shape index (κ2) is 8.91. The van der Waals surface area contributed by atoms with E-state index in [0.717, 1.165) is 11.3 Å². The van der Waals surface area contributed by atoms with Gasteiger partial charge >= 0.3 is 5.97 Å². The molecule has 2 aromatic carbocycles. The summed E-state index contributed by atoms with van der Waals surface area (Å²) in [5.74, 6) is -1.27. The van der Waals surface area contributed by atoms with Crippen molar-refractivity contribution in [2.75, 3.05) is 42.5 Å². The summed E-state index contributed by atoms with van der Waals surface area (Å²) in [5.41, 5.74) is 3.77. The van der Waals surface area contributed by atoms with Crippen LogP contribution < -0.4 is 9.80 Å². The van der Waals surface area contributed by atoms with Gasteiger partial charge in [-0.05, 0) is 48.7 Å². The van der Waals surface area contributed by atoms with Gasteiger partial charge in [-0.2, -0.15) is 4.31 Å². The molecule has 170 valence electrons. The molecule has 0 aliphatic carbocycles. The average Bonchev–Trinajstić information content (AvgIpc) is 3.21. The monoisotopic (exact) mass is 457 g/mol. The molecule has 0 atom stereocenters. The normalized spacial score (nSPS) is 16.8. The highest BCUT2D eigenvalue weighted by atomic mass is 32.2. The zero-order valence-electron chi connectivity index (χ0n) is 18.0. The molecule has 0 aromatic heterocycles. The Morgan fingerprint density at radius 2 is 1.66 bits per heavy atom. The lowest BCUT2D eigenvalue weighted by atomic mass is 10.1. The number of aryl methyl sites for hydroxylation is 1. The molecule has 0 radical (unpaired) electrons. The van der Waals surface area contributed by atoms with Gasteiger partial charge < -0.3 is 14.9 Å². The Morgan fingerprint density at radius 1 is 0.938 bits per heavy atom. The molecular weight excluding hydrogens is 430 g/mol. The molecule has 1 N–H and O–H groups in total. The van der Waals surface area contributed by atoms with Crippen molar-refractivity contribution >= 4 is 33.3 Å². The topological polar surface area (TPSA) is 98.2 Å². The standard InChI is InChI=1S/C23H27N3O5S/c1-17-4-2-3-5-20(17)24-12-14-25(15-13-24)32(30,31)19-6-7-21-18(16-19)10-11-26(21)22(27)8-9-23(28)29/h2-7,16H,8-15H2,1H3,(H,28,29). The molecule has 0 bridgehead atoms.